The minimum atomic E-state index is -0.102. The minimum absolute atomic E-state index is 0.102. The van der Waals surface area contributed by atoms with Crippen LogP contribution in [0.4, 0.5) is 4.39 Å². The van der Waals surface area contributed by atoms with Crippen molar-refractivity contribution in [1.29, 1.82) is 0 Å². The minimum Gasteiger partial charge on any atom is -0.310 e. The number of halogens is 1. The first-order valence-corrected chi connectivity index (χ1v) is 5.52. The Balaban J connectivity index is 2.75. The summed E-state index contributed by atoms with van der Waals surface area (Å²) in [6.45, 7) is 8.85. The molecular formula is C13H20FN. The lowest BCUT2D eigenvalue weighted by molar-refractivity contribution is 0.551. The van der Waals surface area contributed by atoms with Gasteiger partial charge in [0.05, 0.1) is 0 Å². The number of benzene rings is 1. The van der Waals surface area contributed by atoms with Gasteiger partial charge in [0.15, 0.2) is 0 Å². The fourth-order valence-corrected chi connectivity index (χ4v) is 1.38. The number of hydrogen-bond donors (Lipinski definition) is 1. The SMILES string of the molecule is CC(C)NCc1ccc(C(C)C)cc1F. The zero-order chi connectivity index (χ0) is 11.4. The second kappa shape index (κ2) is 5.26. The van der Waals surface area contributed by atoms with Gasteiger partial charge in [-0.2, -0.15) is 0 Å². The smallest absolute Gasteiger partial charge is 0.127 e. The van der Waals surface area contributed by atoms with E-state index in [-0.39, 0.29) is 5.82 Å². The van der Waals surface area contributed by atoms with Crippen molar-refractivity contribution in [3.63, 3.8) is 0 Å². The molecule has 1 rings (SSSR count). The van der Waals surface area contributed by atoms with Gasteiger partial charge in [0, 0.05) is 18.2 Å². The maximum atomic E-state index is 13.6. The van der Waals surface area contributed by atoms with E-state index < -0.39 is 0 Å². The predicted octanol–water partition coefficient (Wildman–Crippen LogP) is 3.45. The van der Waals surface area contributed by atoms with E-state index in [9.17, 15) is 4.39 Å². The highest BCUT2D eigenvalue weighted by molar-refractivity contribution is 5.26. The fraction of sp³-hybridized carbons (Fsp3) is 0.538. The fourth-order valence-electron chi connectivity index (χ4n) is 1.38. The first kappa shape index (κ1) is 12.2. The Morgan fingerprint density at radius 3 is 2.33 bits per heavy atom. The van der Waals surface area contributed by atoms with Crippen molar-refractivity contribution in [2.24, 2.45) is 0 Å². The van der Waals surface area contributed by atoms with E-state index >= 15 is 0 Å². The van der Waals surface area contributed by atoms with Crippen molar-refractivity contribution >= 4 is 0 Å². The van der Waals surface area contributed by atoms with Gasteiger partial charge in [-0.15, -0.1) is 0 Å². The summed E-state index contributed by atoms with van der Waals surface area (Å²) in [6, 6.07) is 5.90. The Morgan fingerprint density at radius 2 is 1.87 bits per heavy atom. The molecular weight excluding hydrogens is 189 g/mol. The van der Waals surface area contributed by atoms with Crippen LogP contribution in [0, 0.1) is 5.82 Å². The van der Waals surface area contributed by atoms with E-state index in [2.05, 4.69) is 33.0 Å². The molecule has 0 atom stereocenters. The highest BCUT2D eigenvalue weighted by Gasteiger charge is 2.06. The number of rotatable bonds is 4. The van der Waals surface area contributed by atoms with E-state index in [0.29, 0.717) is 18.5 Å². The molecule has 84 valence electrons. The molecule has 0 saturated carbocycles. The third kappa shape index (κ3) is 3.63. The predicted molar refractivity (Wildman–Crippen MR) is 62.5 cm³/mol. The lowest BCUT2D eigenvalue weighted by Gasteiger charge is -2.11. The van der Waals surface area contributed by atoms with Gasteiger partial charge in [0.2, 0.25) is 0 Å². The van der Waals surface area contributed by atoms with Gasteiger partial charge in [0.25, 0.3) is 0 Å². The van der Waals surface area contributed by atoms with Gasteiger partial charge >= 0.3 is 0 Å². The van der Waals surface area contributed by atoms with Crippen LogP contribution in [0.3, 0.4) is 0 Å². The van der Waals surface area contributed by atoms with E-state index in [1.807, 2.05) is 12.1 Å². The molecule has 0 spiro atoms. The molecule has 0 amide bonds. The van der Waals surface area contributed by atoms with Crippen LogP contribution in [-0.4, -0.2) is 6.04 Å². The summed E-state index contributed by atoms with van der Waals surface area (Å²) >= 11 is 0. The molecule has 0 bridgehead atoms. The molecule has 0 unspecified atom stereocenters. The van der Waals surface area contributed by atoms with E-state index in [0.717, 1.165) is 11.1 Å². The highest BCUT2D eigenvalue weighted by Crippen LogP contribution is 2.17. The van der Waals surface area contributed by atoms with Crippen LogP contribution in [0.1, 0.15) is 44.7 Å². The van der Waals surface area contributed by atoms with Gasteiger partial charge in [-0.25, -0.2) is 4.39 Å². The quantitative estimate of drug-likeness (QED) is 0.801. The first-order chi connectivity index (χ1) is 7.00. The van der Waals surface area contributed by atoms with Crippen LogP contribution in [0.2, 0.25) is 0 Å². The second-order valence-corrected chi connectivity index (χ2v) is 4.54. The topological polar surface area (TPSA) is 12.0 Å². The zero-order valence-corrected chi connectivity index (χ0v) is 9.97. The third-order valence-electron chi connectivity index (χ3n) is 2.44. The van der Waals surface area contributed by atoms with Crippen LogP contribution in [0.5, 0.6) is 0 Å². The van der Waals surface area contributed by atoms with Crippen LogP contribution in [0.15, 0.2) is 18.2 Å². The van der Waals surface area contributed by atoms with Gasteiger partial charge in [-0.05, 0) is 17.5 Å². The monoisotopic (exact) mass is 209 g/mol. The summed E-state index contributed by atoms with van der Waals surface area (Å²) in [4.78, 5) is 0. The normalized spacial score (nSPS) is 11.4. The van der Waals surface area contributed by atoms with E-state index in [1.54, 1.807) is 6.07 Å². The van der Waals surface area contributed by atoms with Crippen LogP contribution in [0.25, 0.3) is 0 Å². The molecule has 2 heteroatoms. The molecule has 0 aliphatic heterocycles. The van der Waals surface area contributed by atoms with Crippen LogP contribution < -0.4 is 5.32 Å². The molecule has 1 N–H and O–H groups in total. The Kier molecular flexibility index (Phi) is 4.28. The number of nitrogens with one attached hydrogen (secondary N) is 1. The van der Waals surface area contributed by atoms with Gasteiger partial charge in [-0.3, -0.25) is 0 Å². The summed E-state index contributed by atoms with van der Waals surface area (Å²) in [6.07, 6.45) is 0. The molecule has 0 aliphatic carbocycles. The molecule has 0 fully saturated rings. The molecule has 1 aromatic carbocycles. The Hall–Kier alpha value is -0.890. The summed E-state index contributed by atoms with van der Waals surface area (Å²) in [5, 5.41) is 3.21. The standard InChI is InChI=1S/C13H20FN/c1-9(2)11-5-6-12(13(14)7-11)8-15-10(3)4/h5-7,9-10,15H,8H2,1-4H3. The Labute approximate surface area is 91.7 Å². The van der Waals surface area contributed by atoms with E-state index in [1.165, 1.54) is 0 Å². The Bertz CT molecular complexity index is 318. The van der Waals surface area contributed by atoms with Gasteiger partial charge < -0.3 is 5.32 Å². The maximum absolute atomic E-state index is 13.6. The first-order valence-electron chi connectivity index (χ1n) is 5.52. The van der Waals surface area contributed by atoms with Crippen LogP contribution in [-0.2, 0) is 6.54 Å². The molecule has 0 radical (unpaired) electrons. The van der Waals surface area contributed by atoms with Crippen molar-refractivity contribution in [2.45, 2.75) is 46.2 Å². The number of hydrogen-bond acceptors (Lipinski definition) is 1. The summed E-state index contributed by atoms with van der Waals surface area (Å²) in [5.41, 5.74) is 1.80. The van der Waals surface area contributed by atoms with Crippen molar-refractivity contribution in [3.8, 4) is 0 Å². The van der Waals surface area contributed by atoms with Crippen molar-refractivity contribution in [2.75, 3.05) is 0 Å². The molecule has 0 aliphatic rings. The molecule has 15 heavy (non-hydrogen) atoms. The Morgan fingerprint density at radius 1 is 1.20 bits per heavy atom. The average Bonchev–Trinajstić information content (AvgIpc) is 2.15. The molecule has 0 saturated heterocycles. The highest BCUT2D eigenvalue weighted by atomic mass is 19.1. The van der Waals surface area contributed by atoms with E-state index in [4.69, 9.17) is 0 Å². The van der Waals surface area contributed by atoms with Crippen LogP contribution >= 0.6 is 0 Å². The van der Waals surface area contributed by atoms with Gasteiger partial charge in [-0.1, -0.05) is 39.8 Å². The molecule has 1 nitrogen and oxygen atoms in total. The van der Waals surface area contributed by atoms with Gasteiger partial charge in [0.1, 0.15) is 5.82 Å². The third-order valence-corrected chi connectivity index (χ3v) is 2.44. The van der Waals surface area contributed by atoms with Crippen molar-refractivity contribution < 1.29 is 4.39 Å². The average molecular weight is 209 g/mol. The molecule has 1 aromatic rings. The lowest BCUT2D eigenvalue weighted by Crippen LogP contribution is -2.22. The lowest BCUT2D eigenvalue weighted by atomic mass is 10.0. The van der Waals surface area contributed by atoms with Crippen molar-refractivity contribution in [1.82, 2.24) is 5.32 Å². The summed E-state index contributed by atoms with van der Waals surface area (Å²) in [5.74, 6) is 0.279. The second-order valence-electron chi connectivity index (χ2n) is 4.54. The maximum Gasteiger partial charge on any atom is 0.127 e. The van der Waals surface area contributed by atoms with Crippen molar-refractivity contribution in [3.05, 3.63) is 35.1 Å². The largest absolute Gasteiger partial charge is 0.310 e. The summed E-state index contributed by atoms with van der Waals surface area (Å²) < 4.78 is 13.6. The molecule has 0 heterocycles. The summed E-state index contributed by atoms with van der Waals surface area (Å²) in [7, 11) is 0. The molecule has 0 aromatic heterocycles. The zero-order valence-electron chi connectivity index (χ0n) is 9.97.